The van der Waals surface area contributed by atoms with E-state index in [1.54, 1.807) is 6.26 Å². The van der Waals surface area contributed by atoms with Crippen LogP contribution in [0.5, 0.6) is 0 Å². The Balaban J connectivity index is 2.10. The van der Waals surface area contributed by atoms with Crippen molar-refractivity contribution in [2.75, 3.05) is 18.1 Å². The molecule has 1 aliphatic heterocycles. The molecule has 1 aromatic rings. The summed E-state index contributed by atoms with van der Waals surface area (Å²) in [6, 6.07) is 0. The van der Waals surface area contributed by atoms with Crippen molar-refractivity contribution in [2.45, 2.75) is 18.8 Å². The van der Waals surface area contributed by atoms with Gasteiger partial charge in [-0.1, -0.05) is 0 Å². The SMILES string of the molecule is NCCc1nc(C2CCS(=O)(=O)C2)co1. The van der Waals surface area contributed by atoms with Gasteiger partial charge in [0.05, 0.1) is 17.2 Å². The fraction of sp³-hybridized carbons (Fsp3) is 0.667. The summed E-state index contributed by atoms with van der Waals surface area (Å²) in [6.07, 6.45) is 2.80. The zero-order chi connectivity index (χ0) is 10.9. The Morgan fingerprint density at radius 2 is 2.40 bits per heavy atom. The van der Waals surface area contributed by atoms with E-state index in [1.165, 1.54) is 0 Å². The molecule has 0 amide bonds. The van der Waals surface area contributed by atoms with Crippen LogP contribution in [-0.4, -0.2) is 31.5 Å². The van der Waals surface area contributed by atoms with Crippen molar-refractivity contribution in [3.8, 4) is 0 Å². The van der Waals surface area contributed by atoms with E-state index in [0.29, 0.717) is 25.3 Å². The van der Waals surface area contributed by atoms with E-state index in [4.69, 9.17) is 10.2 Å². The number of sulfone groups is 1. The van der Waals surface area contributed by atoms with Crippen LogP contribution in [0, 0.1) is 0 Å². The molecule has 1 saturated heterocycles. The van der Waals surface area contributed by atoms with Crippen LogP contribution in [0.3, 0.4) is 0 Å². The number of hydrogen-bond donors (Lipinski definition) is 1. The molecule has 1 atom stereocenters. The van der Waals surface area contributed by atoms with Gasteiger partial charge in [0.2, 0.25) is 0 Å². The van der Waals surface area contributed by atoms with Crippen LogP contribution in [0.4, 0.5) is 0 Å². The van der Waals surface area contributed by atoms with Crippen LogP contribution < -0.4 is 5.73 Å². The van der Waals surface area contributed by atoms with E-state index in [-0.39, 0.29) is 17.4 Å². The van der Waals surface area contributed by atoms with E-state index in [9.17, 15) is 8.42 Å². The van der Waals surface area contributed by atoms with Crippen molar-refractivity contribution in [1.82, 2.24) is 4.98 Å². The molecule has 0 saturated carbocycles. The number of nitrogens with zero attached hydrogens (tertiary/aromatic N) is 1. The van der Waals surface area contributed by atoms with Crippen LogP contribution in [0.25, 0.3) is 0 Å². The van der Waals surface area contributed by atoms with Crippen molar-refractivity contribution in [2.24, 2.45) is 5.73 Å². The molecule has 84 valence electrons. The molecule has 2 rings (SSSR count). The smallest absolute Gasteiger partial charge is 0.195 e. The maximum atomic E-state index is 11.3. The molecular formula is C9H14N2O3S. The lowest BCUT2D eigenvalue weighted by Gasteiger charge is -1.99. The van der Waals surface area contributed by atoms with Crippen LogP contribution in [0.15, 0.2) is 10.7 Å². The summed E-state index contributed by atoms with van der Waals surface area (Å²) in [6.45, 7) is 0.489. The number of nitrogens with two attached hydrogens (primary N) is 1. The summed E-state index contributed by atoms with van der Waals surface area (Å²) < 4.78 is 27.7. The first-order valence-corrected chi connectivity index (χ1v) is 6.77. The molecule has 5 nitrogen and oxygen atoms in total. The summed E-state index contributed by atoms with van der Waals surface area (Å²) in [5.41, 5.74) is 6.12. The zero-order valence-electron chi connectivity index (χ0n) is 8.35. The molecule has 15 heavy (non-hydrogen) atoms. The molecule has 0 radical (unpaired) electrons. The third-order valence-electron chi connectivity index (χ3n) is 2.58. The number of hydrogen-bond acceptors (Lipinski definition) is 5. The Morgan fingerprint density at radius 3 is 3.00 bits per heavy atom. The normalized spacial score (nSPS) is 24.5. The van der Waals surface area contributed by atoms with Gasteiger partial charge in [-0.15, -0.1) is 0 Å². The highest BCUT2D eigenvalue weighted by Gasteiger charge is 2.30. The minimum Gasteiger partial charge on any atom is -0.449 e. The van der Waals surface area contributed by atoms with E-state index < -0.39 is 9.84 Å². The molecule has 0 aliphatic carbocycles. The molecule has 6 heteroatoms. The number of aromatic nitrogens is 1. The average Bonchev–Trinajstić information content (AvgIpc) is 2.73. The first-order valence-electron chi connectivity index (χ1n) is 4.95. The molecular weight excluding hydrogens is 216 g/mol. The summed E-state index contributed by atoms with van der Waals surface area (Å²) in [7, 11) is -2.85. The summed E-state index contributed by atoms with van der Waals surface area (Å²) >= 11 is 0. The van der Waals surface area contributed by atoms with Crippen LogP contribution in [0.1, 0.15) is 23.9 Å². The van der Waals surface area contributed by atoms with Gasteiger partial charge in [0.1, 0.15) is 6.26 Å². The van der Waals surface area contributed by atoms with Crippen molar-refractivity contribution in [3.05, 3.63) is 17.8 Å². The van der Waals surface area contributed by atoms with Gasteiger partial charge >= 0.3 is 0 Å². The molecule has 1 fully saturated rings. The Morgan fingerprint density at radius 1 is 1.60 bits per heavy atom. The first-order chi connectivity index (χ1) is 7.11. The van der Waals surface area contributed by atoms with Gasteiger partial charge in [-0.2, -0.15) is 0 Å². The zero-order valence-corrected chi connectivity index (χ0v) is 9.16. The highest BCUT2D eigenvalue weighted by molar-refractivity contribution is 7.91. The molecule has 0 spiro atoms. The average molecular weight is 230 g/mol. The second-order valence-electron chi connectivity index (χ2n) is 3.80. The van der Waals surface area contributed by atoms with Gasteiger partial charge in [0.25, 0.3) is 0 Å². The van der Waals surface area contributed by atoms with Crippen molar-refractivity contribution >= 4 is 9.84 Å². The van der Waals surface area contributed by atoms with E-state index in [0.717, 1.165) is 5.69 Å². The molecule has 1 aliphatic rings. The molecule has 1 aromatic heterocycles. The quantitative estimate of drug-likeness (QED) is 0.794. The standard InChI is InChI=1S/C9H14N2O3S/c10-3-1-9-11-8(5-14-9)7-2-4-15(12,13)6-7/h5,7H,1-4,6,10H2. The van der Waals surface area contributed by atoms with Crippen molar-refractivity contribution in [1.29, 1.82) is 0 Å². The topological polar surface area (TPSA) is 86.2 Å². The van der Waals surface area contributed by atoms with Crippen molar-refractivity contribution in [3.63, 3.8) is 0 Å². The molecule has 1 unspecified atom stereocenters. The van der Waals surface area contributed by atoms with E-state index >= 15 is 0 Å². The highest BCUT2D eigenvalue weighted by Crippen LogP contribution is 2.28. The maximum Gasteiger partial charge on any atom is 0.195 e. The van der Waals surface area contributed by atoms with Gasteiger partial charge in [0.15, 0.2) is 15.7 Å². The molecule has 2 heterocycles. The van der Waals surface area contributed by atoms with Crippen LogP contribution in [0.2, 0.25) is 0 Å². The molecule has 0 bridgehead atoms. The monoisotopic (exact) mass is 230 g/mol. The van der Waals surface area contributed by atoms with E-state index in [2.05, 4.69) is 4.98 Å². The first kappa shape index (κ1) is 10.6. The maximum absolute atomic E-state index is 11.3. The lowest BCUT2D eigenvalue weighted by molar-refractivity contribution is 0.495. The molecule has 0 aromatic carbocycles. The van der Waals surface area contributed by atoms with Gasteiger partial charge in [-0.25, -0.2) is 13.4 Å². The highest BCUT2D eigenvalue weighted by atomic mass is 32.2. The van der Waals surface area contributed by atoms with Crippen LogP contribution in [-0.2, 0) is 16.3 Å². The van der Waals surface area contributed by atoms with Crippen molar-refractivity contribution < 1.29 is 12.8 Å². The predicted octanol–water partition coefficient (Wildman–Crippen LogP) is 0.0779. The van der Waals surface area contributed by atoms with Gasteiger partial charge in [-0.3, -0.25) is 0 Å². The number of rotatable bonds is 3. The Bertz CT molecular complexity index is 438. The number of oxazole rings is 1. The Labute approximate surface area is 88.6 Å². The second-order valence-corrected chi connectivity index (χ2v) is 6.03. The predicted molar refractivity (Wildman–Crippen MR) is 55.3 cm³/mol. The Kier molecular flexibility index (Phi) is 2.79. The third kappa shape index (κ3) is 2.38. The fourth-order valence-corrected chi connectivity index (χ4v) is 3.54. The largest absolute Gasteiger partial charge is 0.449 e. The second kappa shape index (κ2) is 3.94. The fourth-order valence-electron chi connectivity index (χ4n) is 1.78. The minimum atomic E-state index is -2.85. The molecule has 2 N–H and O–H groups in total. The lowest BCUT2D eigenvalue weighted by atomic mass is 10.1. The summed E-state index contributed by atoms with van der Waals surface area (Å²) in [4.78, 5) is 4.24. The van der Waals surface area contributed by atoms with Gasteiger partial charge in [0, 0.05) is 18.9 Å². The summed E-state index contributed by atoms with van der Waals surface area (Å²) in [5.74, 6) is 1.06. The minimum absolute atomic E-state index is 0.00488. The van der Waals surface area contributed by atoms with Gasteiger partial charge in [-0.05, 0) is 6.42 Å². The summed E-state index contributed by atoms with van der Waals surface area (Å²) in [5, 5.41) is 0. The van der Waals surface area contributed by atoms with E-state index in [1.807, 2.05) is 0 Å². The van der Waals surface area contributed by atoms with Gasteiger partial charge < -0.3 is 10.2 Å². The third-order valence-corrected chi connectivity index (χ3v) is 4.35. The lowest BCUT2D eigenvalue weighted by Crippen LogP contribution is -2.05. The van der Waals surface area contributed by atoms with Crippen LogP contribution >= 0.6 is 0 Å². The Hall–Kier alpha value is -0.880.